The number of benzene rings is 2. The molecule has 0 N–H and O–H groups in total. The second-order valence-electron chi connectivity index (χ2n) is 4.97. The van der Waals surface area contributed by atoms with E-state index in [0.717, 1.165) is 5.56 Å². The van der Waals surface area contributed by atoms with Gasteiger partial charge in [-0.1, -0.05) is 35.9 Å². The van der Waals surface area contributed by atoms with Gasteiger partial charge in [0.25, 0.3) is 10.0 Å². The molecule has 0 radical (unpaired) electrons. The normalized spacial score (nSPS) is 16.8. The van der Waals surface area contributed by atoms with Gasteiger partial charge in [0.05, 0.1) is 17.1 Å². The molecule has 0 aromatic heterocycles. The Bertz CT molecular complexity index is 784. The molecule has 1 aliphatic heterocycles. The molecule has 1 fully saturated rings. The van der Waals surface area contributed by atoms with E-state index in [-0.39, 0.29) is 17.5 Å². The summed E-state index contributed by atoms with van der Waals surface area (Å²) in [6, 6.07) is 16.0. The van der Waals surface area contributed by atoms with Crippen LogP contribution in [0.3, 0.4) is 0 Å². The summed E-state index contributed by atoms with van der Waals surface area (Å²) in [4.78, 5) is 4.53. The number of amidine groups is 1. The Morgan fingerprint density at radius 1 is 1.05 bits per heavy atom. The van der Waals surface area contributed by atoms with E-state index in [1.165, 1.54) is 4.31 Å². The van der Waals surface area contributed by atoms with Crippen LogP contribution in [0.2, 0.25) is 0 Å². The van der Waals surface area contributed by atoms with Gasteiger partial charge < -0.3 is 4.74 Å². The van der Waals surface area contributed by atoms with Crippen LogP contribution in [0.5, 0.6) is 0 Å². The number of hydrogen-bond acceptors (Lipinski definition) is 4. The number of para-hydroxylation sites is 1. The van der Waals surface area contributed by atoms with Crippen molar-refractivity contribution in [2.24, 2.45) is 4.99 Å². The summed E-state index contributed by atoms with van der Waals surface area (Å²) < 4.78 is 32.0. The SMILES string of the molecule is Cc1ccc(S(=O)(=O)N2CCOC2=Nc2ccccc2)cc1. The monoisotopic (exact) mass is 316 g/mol. The lowest BCUT2D eigenvalue weighted by atomic mass is 10.2. The highest BCUT2D eigenvalue weighted by molar-refractivity contribution is 7.89. The van der Waals surface area contributed by atoms with E-state index >= 15 is 0 Å². The Labute approximate surface area is 129 Å². The maximum absolute atomic E-state index is 12.7. The summed E-state index contributed by atoms with van der Waals surface area (Å²) in [7, 11) is -3.65. The molecular formula is C16H16N2O3S. The van der Waals surface area contributed by atoms with Crippen LogP contribution >= 0.6 is 0 Å². The first kappa shape index (κ1) is 14.6. The van der Waals surface area contributed by atoms with Crippen LogP contribution in [0.1, 0.15) is 5.56 Å². The lowest BCUT2D eigenvalue weighted by Crippen LogP contribution is -2.32. The lowest BCUT2D eigenvalue weighted by molar-refractivity contribution is 0.352. The summed E-state index contributed by atoms with van der Waals surface area (Å²) >= 11 is 0. The first-order chi connectivity index (χ1) is 10.6. The minimum atomic E-state index is -3.65. The average molecular weight is 316 g/mol. The molecule has 0 spiro atoms. The zero-order valence-electron chi connectivity index (χ0n) is 12.1. The number of sulfonamides is 1. The Morgan fingerprint density at radius 2 is 1.73 bits per heavy atom. The van der Waals surface area contributed by atoms with Crippen molar-refractivity contribution in [2.45, 2.75) is 11.8 Å². The van der Waals surface area contributed by atoms with Crippen molar-refractivity contribution in [1.29, 1.82) is 0 Å². The second-order valence-corrected chi connectivity index (χ2v) is 6.83. The van der Waals surface area contributed by atoms with Gasteiger partial charge in [-0.3, -0.25) is 0 Å². The standard InChI is InChI=1S/C16H16N2O3S/c1-13-7-9-15(10-8-13)22(19,20)18-11-12-21-16(18)17-14-5-3-2-4-6-14/h2-10H,11-12H2,1H3. The molecular weight excluding hydrogens is 300 g/mol. The Kier molecular flexibility index (Phi) is 3.85. The summed E-state index contributed by atoms with van der Waals surface area (Å²) in [5, 5.41) is 0. The van der Waals surface area contributed by atoms with Crippen LogP contribution < -0.4 is 0 Å². The highest BCUT2D eigenvalue weighted by atomic mass is 32.2. The van der Waals surface area contributed by atoms with E-state index in [1.54, 1.807) is 36.4 Å². The van der Waals surface area contributed by atoms with Crippen LogP contribution in [0.4, 0.5) is 5.69 Å². The van der Waals surface area contributed by atoms with Crippen molar-refractivity contribution in [3.05, 3.63) is 60.2 Å². The predicted octanol–water partition coefficient (Wildman–Crippen LogP) is 2.70. The molecule has 0 unspecified atom stereocenters. The minimum absolute atomic E-state index is 0.117. The molecule has 1 aliphatic rings. The average Bonchev–Trinajstić information content (AvgIpc) is 2.98. The molecule has 0 amide bonds. The Balaban J connectivity index is 1.96. The third-order valence-corrected chi connectivity index (χ3v) is 5.12. The van der Waals surface area contributed by atoms with Crippen LogP contribution in [0.25, 0.3) is 0 Å². The minimum Gasteiger partial charge on any atom is -0.462 e. The first-order valence-corrected chi connectivity index (χ1v) is 8.37. The third-order valence-electron chi connectivity index (χ3n) is 3.33. The molecule has 1 saturated heterocycles. The summed E-state index contributed by atoms with van der Waals surface area (Å²) in [5.74, 6) is 0. The number of rotatable bonds is 3. The van der Waals surface area contributed by atoms with Crippen molar-refractivity contribution in [1.82, 2.24) is 4.31 Å². The van der Waals surface area contributed by atoms with E-state index in [0.29, 0.717) is 12.3 Å². The fraction of sp³-hybridized carbons (Fsp3) is 0.188. The molecule has 114 valence electrons. The van der Waals surface area contributed by atoms with Crippen molar-refractivity contribution < 1.29 is 13.2 Å². The number of ether oxygens (including phenoxy) is 1. The number of nitrogens with zero attached hydrogens (tertiary/aromatic N) is 2. The lowest BCUT2D eigenvalue weighted by Gasteiger charge is -2.16. The van der Waals surface area contributed by atoms with Crippen LogP contribution in [0.15, 0.2) is 64.5 Å². The van der Waals surface area contributed by atoms with Gasteiger partial charge in [0.1, 0.15) is 6.61 Å². The molecule has 1 heterocycles. The van der Waals surface area contributed by atoms with Crippen molar-refractivity contribution >= 4 is 21.7 Å². The summed E-state index contributed by atoms with van der Waals surface area (Å²) in [5.41, 5.74) is 1.67. The quantitative estimate of drug-likeness (QED) is 0.875. The van der Waals surface area contributed by atoms with Crippen molar-refractivity contribution in [3.8, 4) is 0 Å². The van der Waals surface area contributed by atoms with E-state index < -0.39 is 10.0 Å². The number of aryl methyl sites for hydroxylation is 1. The van der Waals surface area contributed by atoms with Gasteiger partial charge >= 0.3 is 6.02 Å². The van der Waals surface area contributed by atoms with Gasteiger partial charge in [-0.05, 0) is 31.2 Å². The van der Waals surface area contributed by atoms with Gasteiger partial charge in [-0.2, -0.15) is 4.99 Å². The smallest absolute Gasteiger partial charge is 0.307 e. The van der Waals surface area contributed by atoms with Gasteiger partial charge in [-0.25, -0.2) is 12.7 Å². The summed E-state index contributed by atoms with van der Waals surface area (Å²) in [6.45, 7) is 2.48. The van der Waals surface area contributed by atoms with Gasteiger partial charge in [0.2, 0.25) is 0 Å². The predicted molar refractivity (Wildman–Crippen MR) is 84.6 cm³/mol. The maximum Gasteiger partial charge on any atom is 0.307 e. The largest absolute Gasteiger partial charge is 0.462 e. The van der Waals surface area contributed by atoms with Gasteiger partial charge in [0, 0.05) is 0 Å². The zero-order valence-corrected chi connectivity index (χ0v) is 13.0. The molecule has 3 rings (SSSR count). The highest BCUT2D eigenvalue weighted by Gasteiger charge is 2.33. The Hall–Kier alpha value is -2.34. The first-order valence-electron chi connectivity index (χ1n) is 6.93. The van der Waals surface area contributed by atoms with Gasteiger partial charge in [0.15, 0.2) is 0 Å². The van der Waals surface area contributed by atoms with E-state index in [2.05, 4.69) is 4.99 Å². The molecule has 6 heteroatoms. The Morgan fingerprint density at radius 3 is 2.41 bits per heavy atom. The number of aliphatic imine (C=N–C) groups is 1. The molecule has 0 bridgehead atoms. The van der Waals surface area contributed by atoms with E-state index in [9.17, 15) is 8.42 Å². The van der Waals surface area contributed by atoms with Crippen molar-refractivity contribution in [3.63, 3.8) is 0 Å². The maximum atomic E-state index is 12.7. The number of hydrogen-bond donors (Lipinski definition) is 0. The van der Waals surface area contributed by atoms with E-state index in [4.69, 9.17) is 4.74 Å². The van der Waals surface area contributed by atoms with Gasteiger partial charge in [-0.15, -0.1) is 0 Å². The molecule has 0 aliphatic carbocycles. The molecule has 2 aromatic carbocycles. The molecule has 5 nitrogen and oxygen atoms in total. The van der Waals surface area contributed by atoms with Crippen molar-refractivity contribution in [2.75, 3.05) is 13.2 Å². The molecule has 22 heavy (non-hydrogen) atoms. The molecule has 0 saturated carbocycles. The van der Waals surface area contributed by atoms with Crippen LogP contribution in [-0.2, 0) is 14.8 Å². The van der Waals surface area contributed by atoms with E-state index in [1.807, 2.05) is 25.1 Å². The zero-order chi connectivity index (χ0) is 15.6. The highest BCUT2D eigenvalue weighted by Crippen LogP contribution is 2.22. The third kappa shape index (κ3) is 2.82. The topological polar surface area (TPSA) is 59.0 Å². The second kappa shape index (κ2) is 5.81. The van der Waals surface area contributed by atoms with Crippen LogP contribution in [-0.4, -0.2) is 31.9 Å². The van der Waals surface area contributed by atoms with Crippen LogP contribution in [0, 0.1) is 6.92 Å². The molecule has 0 atom stereocenters. The fourth-order valence-corrected chi connectivity index (χ4v) is 3.50. The summed E-state index contributed by atoms with van der Waals surface area (Å²) in [6.07, 6.45) is 0. The molecule has 2 aromatic rings. The fourth-order valence-electron chi connectivity index (χ4n) is 2.15.